The number of aryl methyl sites for hydroxylation is 1. The molecule has 1 unspecified atom stereocenters. The predicted molar refractivity (Wildman–Crippen MR) is 159 cm³/mol. The first-order valence-electron chi connectivity index (χ1n) is 14.2. The van der Waals surface area contributed by atoms with Crippen LogP contribution in [-0.4, -0.2) is 63.0 Å². The zero-order valence-electron chi connectivity index (χ0n) is 24.7. The van der Waals surface area contributed by atoms with Crippen LogP contribution >= 0.6 is 11.3 Å². The molecule has 1 aromatic heterocycles. The van der Waals surface area contributed by atoms with E-state index >= 15 is 0 Å². The van der Waals surface area contributed by atoms with Crippen molar-refractivity contribution in [2.24, 2.45) is 11.3 Å². The molecule has 4 rings (SSSR count). The van der Waals surface area contributed by atoms with Crippen LogP contribution in [0.5, 0.6) is 0 Å². The summed E-state index contributed by atoms with van der Waals surface area (Å²) in [5, 5.41) is 16.5. The molecule has 41 heavy (non-hydrogen) atoms. The third-order valence-electron chi connectivity index (χ3n) is 7.96. The molecule has 2 aromatic rings. The van der Waals surface area contributed by atoms with E-state index in [2.05, 4.69) is 34.3 Å². The van der Waals surface area contributed by atoms with Crippen LogP contribution in [0.4, 0.5) is 0 Å². The summed E-state index contributed by atoms with van der Waals surface area (Å²) in [6.45, 7) is 19.1. The first-order valence-corrected chi connectivity index (χ1v) is 15.1. The fraction of sp³-hybridized carbons (Fsp3) is 0.581. The molecule has 9 nitrogen and oxygen atoms in total. The summed E-state index contributed by atoms with van der Waals surface area (Å²) in [5.41, 5.74) is 3.07. The number of aliphatic hydroxyl groups is 1. The van der Waals surface area contributed by atoms with Crippen molar-refractivity contribution in [1.82, 2.24) is 20.5 Å². The first kappa shape index (κ1) is 30.7. The zero-order valence-corrected chi connectivity index (χ0v) is 25.5. The van der Waals surface area contributed by atoms with Crippen molar-refractivity contribution in [3.05, 3.63) is 52.5 Å². The Morgan fingerprint density at radius 2 is 1.85 bits per heavy atom. The van der Waals surface area contributed by atoms with E-state index in [-0.39, 0.29) is 24.9 Å². The van der Waals surface area contributed by atoms with Gasteiger partial charge in [-0.25, -0.2) is 11.6 Å². The smallest absolute Gasteiger partial charge is 0.309 e. The number of β-amino-alcohol motifs (C(OH)–C–C–N with tert-alkyl or cyclic N) is 1. The van der Waals surface area contributed by atoms with Crippen molar-refractivity contribution in [2.45, 2.75) is 97.0 Å². The molecular formula is C31H41N5O4S. The Labute approximate surface area is 246 Å². The van der Waals surface area contributed by atoms with Crippen molar-refractivity contribution in [3.8, 4) is 10.4 Å². The van der Waals surface area contributed by atoms with Gasteiger partial charge in [-0.15, -0.1) is 11.3 Å². The lowest BCUT2D eigenvalue weighted by atomic mass is 9.85. The number of likely N-dealkylation sites (tertiary alicyclic amines) is 1. The monoisotopic (exact) mass is 579 g/mol. The first-order chi connectivity index (χ1) is 19.3. The molecule has 0 bridgehead atoms. The molecular weight excluding hydrogens is 538 g/mol. The predicted octanol–water partition coefficient (Wildman–Crippen LogP) is 4.27. The molecule has 1 saturated heterocycles. The highest BCUT2D eigenvalue weighted by atomic mass is 32.1. The van der Waals surface area contributed by atoms with Gasteiger partial charge in [0.2, 0.25) is 11.8 Å². The van der Waals surface area contributed by atoms with Crippen LogP contribution in [0, 0.1) is 24.8 Å². The highest BCUT2D eigenvalue weighted by Gasteiger charge is 2.59. The van der Waals surface area contributed by atoms with E-state index in [1.54, 1.807) is 11.3 Å². The fourth-order valence-corrected chi connectivity index (χ4v) is 6.17. The lowest BCUT2D eigenvalue weighted by molar-refractivity contribution is -0.144. The minimum atomic E-state index is -1.09. The second-order valence-electron chi connectivity index (χ2n) is 12.9. The SMILES string of the molecule is [C-]#[N+]C1(C(=O)N[C@H](C(=O)N2C[C@H](O)CC2C(=O)N[C@@H](CC(C)C)c2ccc(-c3scnc3C)cc2)C(C)(C)C)CC1. The summed E-state index contributed by atoms with van der Waals surface area (Å²) in [7, 11) is 0. The fourth-order valence-electron chi connectivity index (χ4n) is 5.36. The van der Waals surface area contributed by atoms with E-state index in [0.29, 0.717) is 25.2 Å². The second-order valence-corrected chi connectivity index (χ2v) is 13.7. The number of hydrogen-bond acceptors (Lipinski definition) is 6. The van der Waals surface area contributed by atoms with Gasteiger partial charge in [0, 0.05) is 25.8 Å². The average Bonchev–Trinajstić information content (AvgIpc) is 3.44. The maximum absolute atomic E-state index is 13.9. The number of carbonyl (C=O) groups excluding carboxylic acids is 3. The van der Waals surface area contributed by atoms with E-state index in [1.807, 2.05) is 57.5 Å². The minimum Gasteiger partial charge on any atom is -0.391 e. The van der Waals surface area contributed by atoms with Crippen molar-refractivity contribution in [1.29, 1.82) is 0 Å². The highest BCUT2D eigenvalue weighted by Crippen LogP contribution is 2.40. The van der Waals surface area contributed by atoms with Crippen LogP contribution in [0.1, 0.15) is 77.6 Å². The van der Waals surface area contributed by atoms with Crippen molar-refractivity contribution in [2.75, 3.05) is 6.54 Å². The second kappa shape index (κ2) is 11.9. The molecule has 1 aromatic carbocycles. The van der Waals surface area contributed by atoms with Crippen LogP contribution < -0.4 is 10.6 Å². The van der Waals surface area contributed by atoms with E-state index in [1.165, 1.54) is 4.90 Å². The number of aliphatic hydroxyl groups excluding tert-OH is 1. The van der Waals surface area contributed by atoms with Gasteiger partial charge in [-0.2, -0.15) is 0 Å². The molecule has 10 heteroatoms. The van der Waals surface area contributed by atoms with Crippen LogP contribution in [-0.2, 0) is 14.4 Å². The molecule has 0 spiro atoms. The number of benzene rings is 1. The largest absolute Gasteiger partial charge is 0.391 e. The Bertz CT molecular complexity index is 1320. The van der Waals surface area contributed by atoms with Crippen molar-refractivity contribution in [3.63, 3.8) is 0 Å². The van der Waals surface area contributed by atoms with Gasteiger partial charge in [0.15, 0.2) is 0 Å². The number of nitrogens with one attached hydrogen (secondary N) is 2. The van der Waals surface area contributed by atoms with Crippen LogP contribution in [0.15, 0.2) is 29.8 Å². The van der Waals surface area contributed by atoms with Gasteiger partial charge >= 0.3 is 11.4 Å². The number of carbonyl (C=O) groups is 3. The highest BCUT2D eigenvalue weighted by molar-refractivity contribution is 7.13. The number of amides is 3. The molecule has 220 valence electrons. The summed E-state index contributed by atoms with van der Waals surface area (Å²) >= 11 is 1.59. The third-order valence-corrected chi connectivity index (χ3v) is 8.94. The number of rotatable bonds is 9. The van der Waals surface area contributed by atoms with Crippen LogP contribution in [0.25, 0.3) is 15.3 Å². The van der Waals surface area contributed by atoms with Gasteiger partial charge in [-0.1, -0.05) is 58.9 Å². The topological polar surface area (TPSA) is 116 Å². The summed E-state index contributed by atoms with van der Waals surface area (Å²) in [6.07, 6.45) is 0.917. The lowest BCUT2D eigenvalue weighted by Crippen LogP contribution is -2.59. The number of nitrogens with zero attached hydrogens (tertiary/aromatic N) is 3. The van der Waals surface area contributed by atoms with E-state index < -0.39 is 41.0 Å². The zero-order chi connectivity index (χ0) is 30.1. The standard InChI is InChI=1S/C31H41N5O4S/c1-18(2)14-23(20-8-10-21(11-9-20)25-19(3)33-17-41-25)34-27(38)24-15-22(37)16-36(24)28(39)26(30(4,5)6)35-29(40)31(32-7)12-13-31/h8-11,17-18,22-24,26,37H,12-16H2,1-6H3,(H,34,38)(H,35,40)/t22-,23+,24?,26-/m1/s1. The molecule has 1 aliphatic heterocycles. The molecule has 1 aliphatic carbocycles. The van der Waals surface area contributed by atoms with Crippen LogP contribution in [0.2, 0.25) is 0 Å². The lowest BCUT2D eigenvalue weighted by Gasteiger charge is -2.35. The molecule has 3 amide bonds. The molecule has 1 saturated carbocycles. The Morgan fingerprint density at radius 1 is 1.20 bits per heavy atom. The van der Waals surface area contributed by atoms with E-state index in [9.17, 15) is 19.5 Å². The normalized spacial score (nSPS) is 21.2. The molecule has 2 aliphatic rings. The molecule has 2 fully saturated rings. The van der Waals surface area contributed by atoms with Crippen molar-refractivity contribution < 1.29 is 19.5 Å². The van der Waals surface area contributed by atoms with Gasteiger partial charge in [-0.3, -0.25) is 19.2 Å². The summed E-state index contributed by atoms with van der Waals surface area (Å²) in [5.74, 6) is -0.904. The number of hydrogen-bond donors (Lipinski definition) is 3. The summed E-state index contributed by atoms with van der Waals surface area (Å²) in [6, 6.07) is 6.02. The van der Waals surface area contributed by atoms with E-state index in [0.717, 1.165) is 21.7 Å². The van der Waals surface area contributed by atoms with Crippen molar-refractivity contribution >= 4 is 29.1 Å². The Morgan fingerprint density at radius 3 is 2.37 bits per heavy atom. The van der Waals surface area contributed by atoms with Gasteiger partial charge in [0.25, 0.3) is 0 Å². The molecule has 0 radical (unpaired) electrons. The van der Waals surface area contributed by atoms with Gasteiger partial charge in [-0.05, 0) is 35.8 Å². The minimum absolute atomic E-state index is 0.00504. The average molecular weight is 580 g/mol. The molecule has 3 N–H and O–H groups in total. The quantitative estimate of drug-likeness (QED) is 0.384. The number of aromatic nitrogens is 1. The Balaban J connectivity index is 1.53. The maximum Gasteiger partial charge on any atom is 0.309 e. The Kier molecular flexibility index (Phi) is 8.90. The summed E-state index contributed by atoms with van der Waals surface area (Å²) < 4.78 is 0. The molecule has 4 atom stereocenters. The van der Waals surface area contributed by atoms with Gasteiger partial charge in [0.1, 0.15) is 12.1 Å². The number of thiazole rings is 1. The summed E-state index contributed by atoms with van der Waals surface area (Å²) in [4.78, 5) is 50.9. The van der Waals surface area contributed by atoms with Gasteiger partial charge in [0.05, 0.1) is 28.2 Å². The van der Waals surface area contributed by atoms with E-state index in [4.69, 9.17) is 6.57 Å². The van der Waals surface area contributed by atoms with Crippen LogP contribution in [0.3, 0.4) is 0 Å². The third kappa shape index (κ3) is 6.79. The maximum atomic E-state index is 13.9. The molecule has 2 heterocycles. The van der Waals surface area contributed by atoms with Gasteiger partial charge < -0.3 is 20.6 Å². The Hall–Kier alpha value is -3.29.